The number of phenolic OH excluding ortho intramolecular Hbond substituents is 1. The van der Waals surface area contributed by atoms with Crippen LogP contribution < -0.4 is 4.74 Å². The van der Waals surface area contributed by atoms with Gasteiger partial charge in [-0.15, -0.1) is 0 Å². The van der Waals surface area contributed by atoms with Crippen molar-refractivity contribution in [1.29, 1.82) is 0 Å². The Morgan fingerprint density at radius 3 is 2.40 bits per heavy atom. The summed E-state index contributed by atoms with van der Waals surface area (Å²) in [6.45, 7) is 2.14. The van der Waals surface area contributed by atoms with Crippen LogP contribution in [0.3, 0.4) is 0 Å². The Bertz CT molecular complexity index is 799. The molecule has 2 N–H and O–H groups in total. The first kappa shape index (κ1) is 19.3. The lowest BCUT2D eigenvalue weighted by Crippen LogP contribution is -2.06. The van der Waals surface area contributed by atoms with Gasteiger partial charge in [-0.1, -0.05) is 50.8 Å². The molecular formula is C19H24O5S. The van der Waals surface area contributed by atoms with Gasteiger partial charge in [-0.2, -0.15) is 8.42 Å². The van der Waals surface area contributed by atoms with Crippen molar-refractivity contribution in [1.82, 2.24) is 0 Å². The highest BCUT2D eigenvalue weighted by Gasteiger charge is 2.22. The molecule has 0 bridgehead atoms. The maximum Gasteiger partial charge on any atom is 0.298 e. The van der Waals surface area contributed by atoms with Gasteiger partial charge in [0.25, 0.3) is 10.1 Å². The van der Waals surface area contributed by atoms with Crippen LogP contribution in [0, 0.1) is 0 Å². The molecule has 0 saturated heterocycles. The van der Waals surface area contributed by atoms with Gasteiger partial charge in [0.15, 0.2) is 0 Å². The molecule has 0 saturated carbocycles. The lowest BCUT2D eigenvalue weighted by atomic mass is 10.1. The molecule has 2 aromatic carbocycles. The van der Waals surface area contributed by atoms with Crippen LogP contribution in [0.5, 0.6) is 17.2 Å². The predicted molar refractivity (Wildman–Crippen MR) is 96.9 cm³/mol. The summed E-state index contributed by atoms with van der Waals surface area (Å²) in [5.74, 6) is 0.363. The smallest absolute Gasteiger partial charge is 0.298 e. The summed E-state index contributed by atoms with van der Waals surface area (Å²) in [5, 5.41) is 9.51. The molecule has 136 valence electrons. The highest BCUT2D eigenvalue weighted by molar-refractivity contribution is 7.86. The monoisotopic (exact) mass is 364 g/mol. The maximum absolute atomic E-state index is 11.9. The lowest BCUT2D eigenvalue weighted by Gasteiger charge is -2.13. The van der Waals surface area contributed by atoms with Gasteiger partial charge in [-0.05, 0) is 36.6 Å². The van der Waals surface area contributed by atoms with E-state index in [1.54, 1.807) is 24.3 Å². The highest BCUT2D eigenvalue weighted by atomic mass is 32.2. The summed E-state index contributed by atoms with van der Waals surface area (Å²) < 4.78 is 39.1. The molecule has 0 heterocycles. The molecule has 6 heteroatoms. The van der Waals surface area contributed by atoms with E-state index in [0.29, 0.717) is 17.7 Å². The zero-order valence-corrected chi connectivity index (χ0v) is 15.1. The van der Waals surface area contributed by atoms with Crippen LogP contribution >= 0.6 is 0 Å². The van der Waals surface area contributed by atoms with E-state index in [1.807, 2.05) is 0 Å². The van der Waals surface area contributed by atoms with Gasteiger partial charge in [0.2, 0.25) is 0 Å². The molecule has 0 aliphatic carbocycles. The second-order valence-corrected chi connectivity index (χ2v) is 7.34. The van der Waals surface area contributed by atoms with E-state index in [1.165, 1.54) is 18.2 Å². The van der Waals surface area contributed by atoms with Crippen LogP contribution in [0.1, 0.15) is 44.6 Å². The second kappa shape index (κ2) is 8.87. The first-order valence-corrected chi connectivity index (χ1v) is 9.92. The van der Waals surface area contributed by atoms with Crippen molar-refractivity contribution >= 4 is 10.1 Å². The number of phenols is 1. The number of aromatic hydroxyl groups is 1. The number of unbranched alkanes of at least 4 members (excludes halogenated alkanes) is 4. The van der Waals surface area contributed by atoms with Crippen molar-refractivity contribution in [3.63, 3.8) is 0 Å². The predicted octanol–water partition coefficient (Wildman–Crippen LogP) is 4.94. The fourth-order valence-corrected chi connectivity index (χ4v) is 3.59. The number of benzene rings is 2. The molecule has 0 unspecified atom stereocenters. The number of ether oxygens (including phenoxy) is 1. The van der Waals surface area contributed by atoms with E-state index in [2.05, 4.69) is 6.92 Å². The average molecular weight is 364 g/mol. The van der Waals surface area contributed by atoms with E-state index < -0.39 is 10.1 Å². The molecule has 5 nitrogen and oxygen atoms in total. The number of aryl methyl sites for hydroxylation is 1. The molecule has 2 rings (SSSR count). The first-order chi connectivity index (χ1) is 11.9. The normalized spacial score (nSPS) is 11.4. The average Bonchev–Trinajstić information content (AvgIpc) is 2.54. The molecule has 0 aliphatic rings. The summed E-state index contributed by atoms with van der Waals surface area (Å²) >= 11 is 0. The van der Waals surface area contributed by atoms with Crippen molar-refractivity contribution in [3.8, 4) is 17.2 Å². The van der Waals surface area contributed by atoms with E-state index in [-0.39, 0.29) is 16.4 Å². The largest absolute Gasteiger partial charge is 0.508 e. The molecule has 0 aliphatic heterocycles. The molecule has 2 aromatic rings. The number of hydrogen-bond donors (Lipinski definition) is 2. The Labute approximate surface area is 149 Å². The minimum Gasteiger partial charge on any atom is -0.508 e. The van der Waals surface area contributed by atoms with Crippen molar-refractivity contribution < 1.29 is 22.8 Å². The molecule has 0 fully saturated rings. The Balaban J connectivity index is 2.26. The summed E-state index contributed by atoms with van der Waals surface area (Å²) in [6.07, 6.45) is 5.82. The van der Waals surface area contributed by atoms with Crippen molar-refractivity contribution in [2.24, 2.45) is 0 Å². The van der Waals surface area contributed by atoms with Crippen LogP contribution in [-0.4, -0.2) is 18.1 Å². The minimum absolute atomic E-state index is 0.0120. The molecular weight excluding hydrogens is 340 g/mol. The molecule has 0 amide bonds. The quantitative estimate of drug-likeness (QED) is 0.486. The van der Waals surface area contributed by atoms with Crippen LogP contribution in [-0.2, 0) is 16.5 Å². The molecule has 0 atom stereocenters. The van der Waals surface area contributed by atoms with Crippen LogP contribution in [0.4, 0.5) is 0 Å². The van der Waals surface area contributed by atoms with Gasteiger partial charge >= 0.3 is 0 Å². The molecule has 25 heavy (non-hydrogen) atoms. The highest BCUT2D eigenvalue weighted by Crippen LogP contribution is 2.33. The molecule has 0 aromatic heterocycles. The zero-order valence-electron chi connectivity index (χ0n) is 14.3. The minimum atomic E-state index is -4.43. The molecule has 0 spiro atoms. The van der Waals surface area contributed by atoms with Gasteiger partial charge in [-0.3, -0.25) is 4.55 Å². The fraction of sp³-hybridized carbons (Fsp3) is 0.368. The summed E-state index contributed by atoms with van der Waals surface area (Å²) in [5.41, 5.74) is 0.539. The van der Waals surface area contributed by atoms with E-state index >= 15 is 0 Å². The summed E-state index contributed by atoms with van der Waals surface area (Å²) in [6, 6.07) is 11.0. The lowest BCUT2D eigenvalue weighted by molar-refractivity contribution is 0.438. The van der Waals surface area contributed by atoms with Gasteiger partial charge in [0, 0.05) is 6.07 Å². The number of hydrogen-bond acceptors (Lipinski definition) is 4. The van der Waals surface area contributed by atoms with Crippen LogP contribution in [0.15, 0.2) is 47.4 Å². The Kier molecular flexibility index (Phi) is 6.84. The van der Waals surface area contributed by atoms with Crippen LogP contribution in [0.2, 0.25) is 0 Å². The summed E-state index contributed by atoms with van der Waals surface area (Å²) in [7, 11) is -4.43. The Morgan fingerprint density at radius 1 is 1.00 bits per heavy atom. The third-order valence-electron chi connectivity index (χ3n) is 3.91. The maximum atomic E-state index is 11.9. The van der Waals surface area contributed by atoms with Crippen LogP contribution in [0.25, 0.3) is 0 Å². The topological polar surface area (TPSA) is 83.8 Å². The van der Waals surface area contributed by atoms with E-state index in [9.17, 15) is 18.1 Å². The van der Waals surface area contributed by atoms with Crippen molar-refractivity contribution in [2.75, 3.05) is 0 Å². The number of rotatable bonds is 9. The zero-order chi connectivity index (χ0) is 18.3. The van der Waals surface area contributed by atoms with Gasteiger partial charge in [0.05, 0.1) is 0 Å². The van der Waals surface area contributed by atoms with Gasteiger partial charge < -0.3 is 9.84 Å². The van der Waals surface area contributed by atoms with E-state index in [4.69, 9.17) is 4.74 Å². The SMILES string of the molecule is CCCCCCCc1cccc(Oc2cccc(O)c2)c1S(=O)(=O)O. The van der Waals surface area contributed by atoms with Crippen molar-refractivity contribution in [3.05, 3.63) is 48.0 Å². The van der Waals surface area contributed by atoms with Gasteiger partial charge in [0.1, 0.15) is 22.1 Å². The van der Waals surface area contributed by atoms with E-state index in [0.717, 1.165) is 32.1 Å². The van der Waals surface area contributed by atoms with Crippen molar-refractivity contribution in [2.45, 2.75) is 50.3 Å². The van der Waals surface area contributed by atoms with Gasteiger partial charge in [-0.25, -0.2) is 0 Å². The third-order valence-corrected chi connectivity index (χ3v) is 4.89. The fourth-order valence-electron chi connectivity index (χ4n) is 2.72. The summed E-state index contributed by atoms with van der Waals surface area (Å²) in [4.78, 5) is -0.200. The Morgan fingerprint density at radius 2 is 1.72 bits per heavy atom. The standard InChI is InChI=1S/C19H24O5S/c1-2-3-4-5-6-9-15-10-7-13-18(19(15)25(21,22)23)24-17-12-8-11-16(20)14-17/h7-8,10-14,20H,2-6,9H2,1H3,(H,21,22,23). The third kappa shape index (κ3) is 5.76. The second-order valence-electron chi connectivity index (χ2n) is 5.98. The molecule has 0 radical (unpaired) electrons. The Hall–Kier alpha value is -2.05. The first-order valence-electron chi connectivity index (χ1n) is 8.48.